The number of aromatic nitrogens is 2. The zero-order chi connectivity index (χ0) is 11.8. The van der Waals surface area contributed by atoms with Crippen molar-refractivity contribution in [2.75, 3.05) is 5.32 Å². The predicted molar refractivity (Wildman–Crippen MR) is 63.0 cm³/mol. The van der Waals surface area contributed by atoms with Crippen LogP contribution in [0.15, 0.2) is 12.4 Å². The van der Waals surface area contributed by atoms with Gasteiger partial charge in [-0.1, -0.05) is 11.6 Å². The van der Waals surface area contributed by atoms with Gasteiger partial charge in [0.2, 0.25) is 5.91 Å². The van der Waals surface area contributed by atoms with Gasteiger partial charge in [0.05, 0.1) is 12.4 Å². The number of carbonyl (C=O) groups excluding carboxylic acids is 1. The highest BCUT2D eigenvalue weighted by molar-refractivity contribution is 6.29. The van der Waals surface area contributed by atoms with Crippen molar-refractivity contribution in [1.29, 1.82) is 0 Å². The van der Waals surface area contributed by atoms with Gasteiger partial charge in [-0.2, -0.15) is 0 Å². The number of carbonyl (C=O) groups is 1. The molecule has 0 radical (unpaired) electrons. The zero-order valence-corrected chi connectivity index (χ0v) is 9.50. The Kier molecular flexibility index (Phi) is 5.30. The molecule has 0 saturated heterocycles. The van der Waals surface area contributed by atoms with Gasteiger partial charge in [0.1, 0.15) is 5.15 Å². The highest BCUT2D eigenvalue weighted by atomic mass is 35.5. The van der Waals surface area contributed by atoms with Gasteiger partial charge in [0, 0.05) is 12.8 Å². The Balaban J connectivity index is 2.32. The molecule has 5 heteroatoms. The van der Waals surface area contributed by atoms with E-state index in [2.05, 4.69) is 21.2 Å². The van der Waals surface area contributed by atoms with E-state index in [4.69, 9.17) is 18.0 Å². The van der Waals surface area contributed by atoms with Crippen LogP contribution < -0.4 is 5.32 Å². The highest BCUT2D eigenvalue weighted by Crippen LogP contribution is 2.08. The Morgan fingerprint density at radius 2 is 2.31 bits per heavy atom. The normalized spacial score (nSPS) is 9.50. The topological polar surface area (TPSA) is 54.9 Å². The van der Waals surface area contributed by atoms with Gasteiger partial charge in [-0.25, -0.2) is 4.98 Å². The summed E-state index contributed by atoms with van der Waals surface area (Å²) in [6, 6.07) is 0. The fraction of sp³-hybridized carbons (Fsp3) is 0.364. The van der Waals surface area contributed by atoms with Crippen molar-refractivity contribution in [2.45, 2.75) is 25.7 Å². The van der Waals surface area contributed by atoms with E-state index in [1.807, 2.05) is 0 Å². The van der Waals surface area contributed by atoms with Crippen molar-refractivity contribution in [3.05, 3.63) is 17.5 Å². The van der Waals surface area contributed by atoms with Crippen molar-refractivity contribution in [3.8, 4) is 12.3 Å². The van der Waals surface area contributed by atoms with Crippen LogP contribution in [0.5, 0.6) is 0 Å². The van der Waals surface area contributed by atoms with Gasteiger partial charge in [0.15, 0.2) is 5.82 Å². The molecule has 4 nitrogen and oxygen atoms in total. The van der Waals surface area contributed by atoms with Gasteiger partial charge >= 0.3 is 0 Å². The maximum atomic E-state index is 11.4. The first kappa shape index (κ1) is 12.5. The Bertz CT molecular complexity index is 400. The predicted octanol–water partition coefficient (Wildman–Crippen LogP) is 2.26. The molecule has 1 aromatic heterocycles. The average Bonchev–Trinajstić information content (AvgIpc) is 2.24. The lowest BCUT2D eigenvalue weighted by Crippen LogP contribution is -2.12. The molecule has 0 fully saturated rings. The number of unbranched alkanes of at least 4 members (excludes halogenated alkanes) is 2. The Labute approximate surface area is 99.4 Å². The molecular formula is C11H12ClN3O. The van der Waals surface area contributed by atoms with Gasteiger partial charge in [-0.05, 0) is 12.8 Å². The third-order valence-corrected chi connectivity index (χ3v) is 2.03. The molecule has 0 unspecified atom stereocenters. The minimum absolute atomic E-state index is 0.103. The Morgan fingerprint density at radius 3 is 3.00 bits per heavy atom. The number of anilines is 1. The van der Waals surface area contributed by atoms with E-state index in [0.29, 0.717) is 18.7 Å². The van der Waals surface area contributed by atoms with Crippen LogP contribution in [0.1, 0.15) is 25.7 Å². The Morgan fingerprint density at radius 1 is 1.50 bits per heavy atom. The molecule has 0 aromatic carbocycles. The number of amides is 1. The number of nitrogens with zero attached hydrogens (tertiary/aromatic N) is 2. The van der Waals surface area contributed by atoms with Crippen LogP contribution in [0, 0.1) is 12.3 Å². The maximum Gasteiger partial charge on any atom is 0.225 e. The second kappa shape index (κ2) is 6.81. The van der Waals surface area contributed by atoms with E-state index in [9.17, 15) is 4.79 Å². The first-order chi connectivity index (χ1) is 7.72. The first-order valence-electron chi connectivity index (χ1n) is 4.93. The minimum Gasteiger partial charge on any atom is -0.309 e. The lowest BCUT2D eigenvalue weighted by Gasteiger charge is -2.03. The average molecular weight is 238 g/mol. The molecule has 16 heavy (non-hydrogen) atoms. The van der Waals surface area contributed by atoms with Crippen molar-refractivity contribution in [1.82, 2.24) is 9.97 Å². The standard InChI is InChI=1S/C11H12ClN3O/c1-2-3-4-5-6-11(16)15-10-8-13-7-9(12)14-10/h1,7-8H,3-6H2,(H,14,15,16). The van der Waals surface area contributed by atoms with E-state index in [1.54, 1.807) is 0 Å². The molecule has 1 rings (SSSR count). The molecule has 0 atom stereocenters. The van der Waals surface area contributed by atoms with E-state index >= 15 is 0 Å². The molecule has 0 aliphatic rings. The quantitative estimate of drug-likeness (QED) is 0.631. The van der Waals surface area contributed by atoms with Gasteiger partial charge in [-0.3, -0.25) is 9.78 Å². The van der Waals surface area contributed by atoms with Gasteiger partial charge in [0.25, 0.3) is 0 Å². The summed E-state index contributed by atoms with van der Waals surface area (Å²) in [6.07, 6.45) is 10.7. The molecule has 1 aromatic rings. The summed E-state index contributed by atoms with van der Waals surface area (Å²) in [7, 11) is 0. The first-order valence-corrected chi connectivity index (χ1v) is 5.31. The van der Waals surface area contributed by atoms with Crippen molar-refractivity contribution < 1.29 is 4.79 Å². The fourth-order valence-electron chi connectivity index (χ4n) is 1.12. The minimum atomic E-state index is -0.103. The maximum absolute atomic E-state index is 11.4. The van der Waals surface area contributed by atoms with Crippen LogP contribution in [0.4, 0.5) is 5.82 Å². The van der Waals surface area contributed by atoms with E-state index in [1.165, 1.54) is 12.4 Å². The molecular weight excluding hydrogens is 226 g/mol. The molecule has 0 aliphatic heterocycles. The molecule has 84 valence electrons. The summed E-state index contributed by atoms with van der Waals surface area (Å²) >= 11 is 5.63. The summed E-state index contributed by atoms with van der Waals surface area (Å²) < 4.78 is 0. The van der Waals surface area contributed by atoms with Crippen LogP contribution in [0.25, 0.3) is 0 Å². The van der Waals surface area contributed by atoms with Gasteiger partial charge < -0.3 is 5.32 Å². The third kappa shape index (κ3) is 4.76. The molecule has 1 amide bonds. The second-order valence-electron chi connectivity index (χ2n) is 3.19. The lowest BCUT2D eigenvalue weighted by molar-refractivity contribution is -0.116. The summed E-state index contributed by atoms with van der Waals surface area (Å²) in [5, 5.41) is 2.87. The number of terminal acetylenes is 1. The van der Waals surface area contributed by atoms with E-state index in [-0.39, 0.29) is 11.1 Å². The molecule has 0 bridgehead atoms. The van der Waals surface area contributed by atoms with Gasteiger partial charge in [-0.15, -0.1) is 12.3 Å². The van der Waals surface area contributed by atoms with Crippen molar-refractivity contribution >= 4 is 23.3 Å². The van der Waals surface area contributed by atoms with Crippen LogP contribution in [0.3, 0.4) is 0 Å². The highest BCUT2D eigenvalue weighted by Gasteiger charge is 2.03. The molecule has 0 aliphatic carbocycles. The van der Waals surface area contributed by atoms with E-state index < -0.39 is 0 Å². The second-order valence-corrected chi connectivity index (χ2v) is 3.57. The van der Waals surface area contributed by atoms with Crippen molar-refractivity contribution in [3.63, 3.8) is 0 Å². The van der Waals surface area contributed by atoms with Crippen LogP contribution in [-0.2, 0) is 4.79 Å². The summed E-state index contributed by atoms with van der Waals surface area (Å²) in [5.41, 5.74) is 0. The van der Waals surface area contributed by atoms with Crippen LogP contribution in [0.2, 0.25) is 5.15 Å². The zero-order valence-electron chi connectivity index (χ0n) is 8.74. The summed E-state index contributed by atoms with van der Waals surface area (Å²) in [4.78, 5) is 19.1. The molecule has 0 saturated carbocycles. The summed E-state index contributed by atoms with van der Waals surface area (Å²) in [6.45, 7) is 0. The Hall–Kier alpha value is -1.60. The molecule has 0 spiro atoms. The fourth-order valence-corrected chi connectivity index (χ4v) is 1.27. The number of nitrogens with one attached hydrogen (secondary N) is 1. The van der Waals surface area contributed by atoms with Crippen LogP contribution >= 0.6 is 11.6 Å². The largest absolute Gasteiger partial charge is 0.309 e. The lowest BCUT2D eigenvalue weighted by atomic mass is 10.2. The molecule has 1 heterocycles. The molecule has 1 N–H and O–H groups in total. The van der Waals surface area contributed by atoms with E-state index in [0.717, 1.165) is 12.8 Å². The monoisotopic (exact) mass is 237 g/mol. The number of halogens is 1. The number of hydrogen-bond donors (Lipinski definition) is 1. The van der Waals surface area contributed by atoms with Crippen LogP contribution in [-0.4, -0.2) is 15.9 Å². The SMILES string of the molecule is C#CCCCCC(=O)Nc1cncc(Cl)n1. The van der Waals surface area contributed by atoms with Crippen molar-refractivity contribution in [2.24, 2.45) is 0 Å². The third-order valence-electron chi connectivity index (χ3n) is 1.85. The smallest absolute Gasteiger partial charge is 0.225 e. The number of hydrogen-bond acceptors (Lipinski definition) is 3. The summed E-state index contributed by atoms with van der Waals surface area (Å²) in [5.74, 6) is 2.79. The number of rotatable bonds is 5.